The monoisotopic (exact) mass is 175 g/mol. The number of aliphatic carboxylic acids is 1. The van der Waals surface area contributed by atoms with Crippen LogP contribution in [0.15, 0.2) is 0 Å². The molecule has 0 spiro atoms. The Bertz CT molecular complexity index is 190. The molecule has 0 aromatic heterocycles. The summed E-state index contributed by atoms with van der Waals surface area (Å²) in [6.45, 7) is 2.58. The van der Waals surface area contributed by atoms with Crippen molar-refractivity contribution in [3.05, 3.63) is 0 Å². The maximum absolute atomic E-state index is 10.7. The molecule has 5 nitrogen and oxygen atoms in total. The number of likely N-dealkylation sites (N-methyl/N-ethyl adjacent to an activating group) is 1. The number of carboxylic acid groups (broad SMARTS) is 1. The van der Waals surface area contributed by atoms with Gasteiger partial charge in [0.15, 0.2) is 6.04 Å². The Morgan fingerprint density at radius 3 is 1.92 bits per heavy atom. The highest BCUT2D eigenvalue weighted by Crippen LogP contribution is 2.02. The number of aliphatic hydroxyl groups is 1. The van der Waals surface area contributed by atoms with Crippen LogP contribution in [-0.4, -0.2) is 46.2 Å². The third kappa shape index (κ3) is 2.50. The lowest BCUT2D eigenvalue weighted by Crippen LogP contribution is -2.47. The molecule has 2 N–H and O–H groups in total. The van der Waals surface area contributed by atoms with Crippen LogP contribution in [0.4, 0.5) is 0 Å². The van der Waals surface area contributed by atoms with Crippen molar-refractivity contribution in [1.29, 1.82) is 0 Å². The Balaban J connectivity index is 4.51. The smallest absolute Gasteiger partial charge is 0.329 e. The number of hydrogen-bond acceptors (Lipinski definition) is 3. The summed E-state index contributed by atoms with van der Waals surface area (Å²) in [5, 5.41) is 17.6. The molecule has 0 bridgehead atoms. The fourth-order valence-corrected chi connectivity index (χ4v) is 0.891. The van der Waals surface area contributed by atoms with Gasteiger partial charge in [-0.05, 0) is 6.92 Å². The summed E-state index contributed by atoms with van der Waals surface area (Å²) in [5.74, 6) is -1.59. The van der Waals surface area contributed by atoms with Crippen LogP contribution in [0.3, 0.4) is 0 Å². The van der Waals surface area contributed by atoms with Gasteiger partial charge in [0.05, 0.1) is 6.10 Å². The van der Waals surface area contributed by atoms with Crippen LogP contribution in [0.1, 0.15) is 13.8 Å². The molecule has 0 aliphatic carbocycles. The predicted molar refractivity (Wildman–Crippen MR) is 41.5 cm³/mol. The number of carboxylic acids is 1. The van der Waals surface area contributed by atoms with Crippen molar-refractivity contribution in [1.82, 2.24) is 4.90 Å². The van der Waals surface area contributed by atoms with E-state index in [0.29, 0.717) is 0 Å². The van der Waals surface area contributed by atoms with Crippen LogP contribution < -0.4 is 0 Å². The Morgan fingerprint density at radius 1 is 1.42 bits per heavy atom. The van der Waals surface area contributed by atoms with E-state index in [1.807, 2.05) is 0 Å². The second-order valence-electron chi connectivity index (χ2n) is 2.65. The van der Waals surface area contributed by atoms with Crippen LogP contribution in [0.5, 0.6) is 0 Å². The molecule has 1 amide bonds. The fourth-order valence-electron chi connectivity index (χ4n) is 0.891. The third-order valence-electron chi connectivity index (χ3n) is 1.62. The van der Waals surface area contributed by atoms with Crippen molar-refractivity contribution in [3.8, 4) is 0 Å². The Morgan fingerprint density at radius 2 is 1.83 bits per heavy atom. The van der Waals surface area contributed by atoms with Crippen molar-refractivity contribution < 1.29 is 19.8 Å². The van der Waals surface area contributed by atoms with E-state index in [4.69, 9.17) is 10.2 Å². The average Bonchev–Trinajstić information content (AvgIpc) is 1.85. The maximum Gasteiger partial charge on any atom is 0.329 e. The molecule has 0 saturated carbocycles. The van der Waals surface area contributed by atoms with E-state index in [9.17, 15) is 9.59 Å². The second kappa shape index (κ2) is 4.06. The fraction of sp³-hybridized carbons (Fsp3) is 0.714. The lowest BCUT2D eigenvalue weighted by Gasteiger charge is -2.25. The maximum atomic E-state index is 10.7. The van der Waals surface area contributed by atoms with Crippen molar-refractivity contribution in [3.63, 3.8) is 0 Å². The molecule has 0 aromatic carbocycles. The summed E-state index contributed by atoms with van der Waals surface area (Å²) >= 11 is 0. The Labute approximate surface area is 70.6 Å². The van der Waals surface area contributed by atoms with Crippen LogP contribution in [-0.2, 0) is 9.59 Å². The SMILES string of the molecule is CC(=O)N(C)C(C(=O)O)C(C)O. The van der Waals surface area contributed by atoms with Gasteiger partial charge in [0.1, 0.15) is 0 Å². The number of carbonyl (C=O) groups is 2. The molecule has 0 aliphatic heterocycles. The molecule has 0 aliphatic rings. The summed E-state index contributed by atoms with van der Waals surface area (Å²) in [6, 6.07) is -1.16. The second-order valence-corrected chi connectivity index (χ2v) is 2.65. The zero-order valence-electron chi connectivity index (χ0n) is 7.31. The van der Waals surface area contributed by atoms with Gasteiger partial charge < -0.3 is 15.1 Å². The van der Waals surface area contributed by atoms with Gasteiger partial charge in [-0.15, -0.1) is 0 Å². The van der Waals surface area contributed by atoms with Crippen LogP contribution in [0, 0.1) is 0 Å². The van der Waals surface area contributed by atoms with E-state index in [0.717, 1.165) is 4.90 Å². The van der Waals surface area contributed by atoms with Crippen LogP contribution in [0.25, 0.3) is 0 Å². The van der Waals surface area contributed by atoms with E-state index in [-0.39, 0.29) is 5.91 Å². The molecule has 2 unspecified atom stereocenters. The van der Waals surface area contributed by atoms with Crippen LogP contribution >= 0.6 is 0 Å². The number of aliphatic hydroxyl groups excluding tert-OH is 1. The van der Waals surface area contributed by atoms with Gasteiger partial charge in [0.2, 0.25) is 5.91 Å². The van der Waals surface area contributed by atoms with Crippen molar-refractivity contribution in [2.24, 2.45) is 0 Å². The molecule has 5 heteroatoms. The zero-order valence-corrected chi connectivity index (χ0v) is 7.31. The first-order valence-electron chi connectivity index (χ1n) is 3.52. The van der Waals surface area contributed by atoms with Crippen molar-refractivity contribution in [2.45, 2.75) is 26.0 Å². The number of carbonyl (C=O) groups excluding carboxylic acids is 1. The Kier molecular flexibility index (Phi) is 3.69. The first-order chi connectivity index (χ1) is 5.37. The first kappa shape index (κ1) is 10.9. The van der Waals surface area contributed by atoms with Gasteiger partial charge in [-0.25, -0.2) is 4.79 Å². The third-order valence-corrected chi connectivity index (χ3v) is 1.62. The molecular formula is C7H13NO4. The van der Waals surface area contributed by atoms with E-state index >= 15 is 0 Å². The largest absolute Gasteiger partial charge is 0.480 e. The molecule has 0 radical (unpaired) electrons. The average molecular weight is 175 g/mol. The van der Waals surface area contributed by atoms with E-state index < -0.39 is 18.1 Å². The first-order valence-corrected chi connectivity index (χ1v) is 3.52. The van der Waals surface area contributed by atoms with Crippen molar-refractivity contribution in [2.75, 3.05) is 7.05 Å². The molecule has 70 valence electrons. The standard InChI is InChI=1S/C7H13NO4/c1-4(9)6(7(11)12)8(3)5(2)10/h4,6,9H,1-3H3,(H,11,12). The minimum atomic E-state index is -1.21. The molecule has 0 fully saturated rings. The van der Waals surface area contributed by atoms with Gasteiger partial charge >= 0.3 is 5.97 Å². The summed E-state index contributed by atoms with van der Waals surface area (Å²) < 4.78 is 0. The van der Waals surface area contributed by atoms with Gasteiger partial charge in [-0.1, -0.05) is 0 Å². The number of amides is 1. The number of nitrogens with zero attached hydrogens (tertiary/aromatic N) is 1. The molecule has 0 rings (SSSR count). The zero-order chi connectivity index (χ0) is 9.89. The Hall–Kier alpha value is -1.10. The number of hydrogen-bond donors (Lipinski definition) is 2. The predicted octanol–water partition coefficient (Wildman–Crippen LogP) is -0.701. The van der Waals surface area contributed by atoms with Gasteiger partial charge in [0.25, 0.3) is 0 Å². The summed E-state index contributed by atoms with van der Waals surface area (Å²) in [4.78, 5) is 22.3. The highest BCUT2D eigenvalue weighted by Gasteiger charge is 2.28. The van der Waals surface area contributed by atoms with Crippen LogP contribution in [0.2, 0.25) is 0 Å². The summed E-state index contributed by atoms with van der Waals surface area (Å²) in [7, 11) is 1.34. The summed E-state index contributed by atoms with van der Waals surface area (Å²) in [5.41, 5.74) is 0. The van der Waals surface area contributed by atoms with E-state index in [1.165, 1.54) is 20.9 Å². The minimum absolute atomic E-state index is 0.386. The molecule has 2 atom stereocenters. The normalized spacial score (nSPS) is 15.0. The molecule has 0 aromatic rings. The lowest BCUT2D eigenvalue weighted by molar-refractivity contribution is -0.152. The minimum Gasteiger partial charge on any atom is -0.480 e. The van der Waals surface area contributed by atoms with E-state index in [1.54, 1.807) is 0 Å². The van der Waals surface area contributed by atoms with E-state index in [2.05, 4.69) is 0 Å². The quantitative estimate of drug-likeness (QED) is 0.594. The lowest BCUT2D eigenvalue weighted by atomic mass is 10.1. The topological polar surface area (TPSA) is 77.8 Å². The summed E-state index contributed by atoms with van der Waals surface area (Å²) in [6.07, 6.45) is -1.07. The van der Waals surface area contributed by atoms with Gasteiger partial charge in [-0.2, -0.15) is 0 Å². The molecule has 12 heavy (non-hydrogen) atoms. The molecule has 0 saturated heterocycles. The van der Waals surface area contributed by atoms with Gasteiger partial charge in [0, 0.05) is 14.0 Å². The van der Waals surface area contributed by atoms with Gasteiger partial charge in [-0.3, -0.25) is 4.79 Å². The highest BCUT2D eigenvalue weighted by molar-refractivity contribution is 5.82. The highest BCUT2D eigenvalue weighted by atomic mass is 16.4. The number of rotatable bonds is 3. The molecule has 0 heterocycles. The molecular weight excluding hydrogens is 162 g/mol. The van der Waals surface area contributed by atoms with Crippen molar-refractivity contribution >= 4 is 11.9 Å².